The van der Waals surface area contributed by atoms with Crippen LogP contribution in [0.25, 0.3) is 0 Å². The molecule has 128 valence electrons. The smallest absolute Gasteiger partial charge is 0.0587 e. The van der Waals surface area contributed by atoms with Gasteiger partial charge in [-0.05, 0) is 24.7 Å². The second-order valence-corrected chi connectivity index (χ2v) is 6.60. The van der Waals surface area contributed by atoms with Crippen molar-refractivity contribution in [3.05, 3.63) is 0 Å². The fourth-order valence-corrected chi connectivity index (χ4v) is 3.10. The van der Waals surface area contributed by atoms with Gasteiger partial charge >= 0.3 is 0 Å². The first-order chi connectivity index (χ1) is 10.2. The summed E-state index contributed by atoms with van der Waals surface area (Å²) in [6.45, 7) is 9.95. The van der Waals surface area contributed by atoms with E-state index in [-0.39, 0.29) is 0 Å². The van der Waals surface area contributed by atoms with Gasteiger partial charge in [-0.2, -0.15) is 0 Å². The predicted molar refractivity (Wildman–Crippen MR) is 95.0 cm³/mol. The Balaban J connectivity index is 3.72. The third kappa shape index (κ3) is 11.2. The van der Waals surface area contributed by atoms with Gasteiger partial charge in [-0.15, -0.1) is 0 Å². The first-order valence-electron chi connectivity index (χ1n) is 9.44. The zero-order valence-electron chi connectivity index (χ0n) is 15.3. The topological polar surface area (TPSA) is 21.3 Å². The van der Waals surface area contributed by atoms with Crippen molar-refractivity contribution in [3.8, 4) is 0 Å². The highest BCUT2D eigenvalue weighted by Crippen LogP contribution is 2.32. The molecule has 2 heteroatoms. The van der Waals surface area contributed by atoms with Crippen LogP contribution in [0, 0.1) is 5.41 Å². The van der Waals surface area contributed by atoms with Crippen LogP contribution in [0.5, 0.6) is 0 Å². The van der Waals surface area contributed by atoms with Crippen LogP contribution < -0.4 is 5.32 Å². The molecule has 0 spiro atoms. The quantitative estimate of drug-likeness (QED) is 0.377. The van der Waals surface area contributed by atoms with E-state index in [1.54, 1.807) is 7.11 Å². The average Bonchev–Trinajstić information content (AvgIpc) is 2.52. The summed E-state index contributed by atoms with van der Waals surface area (Å²) >= 11 is 0. The van der Waals surface area contributed by atoms with Crippen LogP contribution in [0.2, 0.25) is 0 Å². The van der Waals surface area contributed by atoms with Gasteiger partial charge in [0, 0.05) is 20.2 Å². The van der Waals surface area contributed by atoms with E-state index in [9.17, 15) is 0 Å². The third-order valence-electron chi connectivity index (χ3n) is 5.04. The molecular weight excluding hydrogens is 258 g/mol. The van der Waals surface area contributed by atoms with E-state index in [2.05, 4.69) is 26.1 Å². The van der Waals surface area contributed by atoms with Crippen LogP contribution in [0.4, 0.5) is 0 Å². The van der Waals surface area contributed by atoms with Gasteiger partial charge in [0.05, 0.1) is 6.61 Å². The molecule has 0 unspecified atom stereocenters. The van der Waals surface area contributed by atoms with E-state index >= 15 is 0 Å². The van der Waals surface area contributed by atoms with Crippen molar-refractivity contribution in [2.75, 3.05) is 26.8 Å². The van der Waals surface area contributed by atoms with Gasteiger partial charge in [0.25, 0.3) is 0 Å². The van der Waals surface area contributed by atoms with Gasteiger partial charge in [-0.3, -0.25) is 0 Å². The maximum atomic E-state index is 5.11. The summed E-state index contributed by atoms with van der Waals surface area (Å²) in [6.07, 6.45) is 15.3. The number of hydrogen-bond acceptors (Lipinski definition) is 2. The van der Waals surface area contributed by atoms with E-state index < -0.39 is 0 Å². The highest BCUT2D eigenvalue weighted by Gasteiger charge is 2.24. The normalized spacial score (nSPS) is 12.0. The molecule has 0 saturated heterocycles. The number of unbranched alkanes of at least 4 members (excludes halogenated alkanes) is 7. The van der Waals surface area contributed by atoms with Crippen LogP contribution in [0.1, 0.15) is 91.4 Å². The van der Waals surface area contributed by atoms with E-state index in [1.807, 2.05) is 0 Å². The fraction of sp³-hybridized carbons (Fsp3) is 1.00. The molecule has 1 N–H and O–H groups in total. The molecule has 0 heterocycles. The summed E-state index contributed by atoms with van der Waals surface area (Å²) in [6, 6.07) is 0. The molecule has 0 radical (unpaired) electrons. The summed E-state index contributed by atoms with van der Waals surface area (Å²) < 4.78 is 5.11. The minimum Gasteiger partial charge on any atom is -0.383 e. The third-order valence-corrected chi connectivity index (χ3v) is 5.04. The van der Waals surface area contributed by atoms with Crippen LogP contribution in [0.3, 0.4) is 0 Å². The number of rotatable bonds is 16. The molecule has 21 heavy (non-hydrogen) atoms. The molecule has 0 aliphatic rings. The molecule has 0 fully saturated rings. The van der Waals surface area contributed by atoms with Gasteiger partial charge in [0.1, 0.15) is 0 Å². The molecule has 2 nitrogen and oxygen atoms in total. The van der Waals surface area contributed by atoms with E-state index in [4.69, 9.17) is 4.74 Å². The minimum atomic E-state index is 0.510. The van der Waals surface area contributed by atoms with Crippen molar-refractivity contribution >= 4 is 0 Å². The van der Waals surface area contributed by atoms with E-state index in [0.717, 1.165) is 19.7 Å². The van der Waals surface area contributed by atoms with E-state index in [1.165, 1.54) is 70.6 Å². The molecule has 0 bridgehead atoms. The monoisotopic (exact) mass is 299 g/mol. The van der Waals surface area contributed by atoms with Crippen molar-refractivity contribution in [2.45, 2.75) is 91.4 Å². The summed E-state index contributed by atoms with van der Waals surface area (Å²) in [5, 5.41) is 3.58. The van der Waals surface area contributed by atoms with Gasteiger partial charge in [-0.1, -0.05) is 72.1 Å². The van der Waals surface area contributed by atoms with Gasteiger partial charge in [0.15, 0.2) is 0 Å². The molecule has 0 aromatic rings. The van der Waals surface area contributed by atoms with E-state index in [0.29, 0.717) is 5.41 Å². The lowest BCUT2D eigenvalue weighted by Crippen LogP contribution is -2.35. The zero-order valence-corrected chi connectivity index (χ0v) is 15.3. The molecule has 0 aliphatic carbocycles. The number of ether oxygens (including phenoxy) is 1. The van der Waals surface area contributed by atoms with Gasteiger partial charge < -0.3 is 10.1 Å². The molecule has 0 atom stereocenters. The fourth-order valence-electron chi connectivity index (χ4n) is 3.10. The first kappa shape index (κ1) is 20.9. The predicted octanol–water partition coefficient (Wildman–Crippen LogP) is 5.56. The lowest BCUT2D eigenvalue weighted by molar-refractivity contribution is 0.179. The summed E-state index contributed by atoms with van der Waals surface area (Å²) in [5.41, 5.74) is 0.510. The summed E-state index contributed by atoms with van der Waals surface area (Å²) in [5.74, 6) is 0. The maximum absolute atomic E-state index is 5.11. The van der Waals surface area contributed by atoms with Crippen molar-refractivity contribution in [2.24, 2.45) is 5.41 Å². The molecule has 0 aliphatic heterocycles. The lowest BCUT2D eigenvalue weighted by atomic mass is 9.77. The average molecular weight is 300 g/mol. The number of nitrogens with one attached hydrogen (secondary N) is 1. The Morgan fingerprint density at radius 1 is 0.810 bits per heavy atom. The maximum Gasteiger partial charge on any atom is 0.0587 e. The number of hydrogen-bond donors (Lipinski definition) is 1. The Kier molecular flexibility index (Phi) is 14.8. The Morgan fingerprint density at radius 3 is 1.90 bits per heavy atom. The summed E-state index contributed by atoms with van der Waals surface area (Å²) in [7, 11) is 1.77. The van der Waals surface area contributed by atoms with Crippen molar-refractivity contribution in [1.29, 1.82) is 0 Å². The second kappa shape index (κ2) is 14.8. The van der Waals surface area contributed by atoms with Crippen LogP contribution in [-0.4, -0.2) is 26.8 Å². The largest absolute Gasteiger partial charge is 0.383 e. The number of methoxy groups -OCH3 is 1. The molecule has 0 rings (SSSR count). The van der Waals surface area contributed by atoms with Crippen molar-refractivity contribution < 1.29 is 4.74 Å². The highest BCUT2D eigenvalue weighted by molar-refractivity contribution is 4.79. The first-order valence-corrected chi connectivity index (χ1v) is 9.44. The Hall–Kier alpha value is -0.0800. The molecule has 0 aromatic carbocycles. The summed E-state index contributed by atoms with van der Waals surface area (Å²) in [4.78, 5) is 0. The standard InChI is InChI=1S/C19H41NO/c1-5-8-9-10-11-12-13-14-15-19(6-2,7-3)18-20-16-17-21-4/h20H,5-18H2,1-4H3. The second-order valence-electron chi connectivity index (χ2n) is 6.60. The highest BCUT2D eigenvalue weighted by atomic mass is 16.5. The molecular formula is C19H41NO. The van der Waals surface area contributed by atoms with Gasteiger partial charge in [-0.25, -0.2) is 0 Å². The van der Waals surface area contributed by atoms with Crippen molar-refractivity contribution in [1.82, 2.24) is 5.32 Å². The zero-order chi connectivity index (χ0) is 15.8. The molecule has 0 aromatic heterocycles. The van der Waals surface area contributed by atoms with Crippen molar-refractivity contribution in [3.63, 3.8) is 0 Å². The van der Waals surface area contributed by atoms with Gasteiger partial charge in [0.2, 0.25) is 0 Å². The Bertz CT molecular complexity index is 202. The molecule has 0 saturated carbocycles. The van der Waals surface area contributed by atoms with Crippen LogP contribution in [-0.2, 0) is 4.74 Å². The lowest BCUT2D eigenvalue weighted by Gasteiger charge is -2.32. The van der Waals surface area contributed by atoms with Crippen LogP contribution >= 0.6 is 0 Å². The molecule has 0 amide bonds. The SMILES string of the molecule is CCCCCCCCCCC(CC)(CC)CNCCOC. The minimum absolute atomic E-state index is 0.510. The van der Waals surface area contributed by atoms with Crippen LogP contribution in [0.15, 0.2) is 0 Å². The Morgan fingerprint density at radius 2 is 1.38 bits per heavy atom. The Labute approximate surface area is 134 Å².